The van der Waals surface area contributed by atoms with Gasteiger partial charge in [0.05, 0.1) is 7.11 Å². The molecule has 0 aliphatic carbocycles. The Kier molecular flexibility index (Phi) is 7.50. The summed E-state index contributed by atoms with van der Waals surface area (Å²) in [6.07, 6.45) is 3.24. The summed E-state index contributed by atoms with van der Waals surface area (Å²) in [5.41, 5.74) is 3.35. The largest absolute Gasteiger partial charge is 0.497 e. The van der Waals surface area contributed by atoms with Gasteiger partial charge in [0.2, 0.25) is 5.91 Å². The van der Waals surface area contributed by atoms with E-state index in [2.05, 4.69) is 10.2 Å². The van der Waals surface area contributed by atoms with E-state index < -0.39 is 0 Å². The standard InChI is InChI=1S/C27H26ClN3O3/c1-34-25-13-5-21(6-14-25)27(33)31-18-16-30(17-19-31)24-11-9-23(10-12-24)29-26(32)15-4-20-2-7-22(28)8-3-20/h2-15H,16-19H2,1H3,(H,29,32)/b15-4+. The van der Waals surface area contributed by atoms with Gasteiger partial charge in [-0.15, -0.1) is 0 Å². The number of amides is 2. The monoisotopic (exact) mass is 475 g/mol. The number of nitrogens with zero attached hydrogens (tertiary/aromatic N) is 2. The van der Waals surface area contributed by atoms with Crippen molar-refractivity contribution >= 4 is 40.9 Å². The number of halogens is 1. The number of hydrogen-bond acceptors (Lipinski definition) is 4. The van der Waals surface area contributed by atoms with Crippen molar-refractivity contribution in [3.8, 4) is 5.75 Å². The highest BCUT2D eigenvalue weighted by Gasteiger charge is 2.22. The fraction of sp³-hybridized carbons (Fsp3) is 0.185. The molecule has 0 spiro atoms. The van der Waals surface area contributed by atoms with Crippen LogP contribution in [-0.2, 0) is 4.79 Å². The molecular formula is C27H26ClN3O3. The highest BCUT2D eigenvalue weighted by atomic mass is 35.5. The molecule has 0 aromatic heterocycles. The number of hydrogen-bond donors (Lipinski definition) is 1. The number of nitrogens with one attached hydrogen (secondary N) is 1. The van der Waals surface area contributed by atoms with Crippen LogP contribution in [0.1, 0.15) is 15.9 Å². The molecule has 4 rings (SSSR count). The van der Waals surface area contributed by atoms with Gasteiger partial charge in [0.15, 0.2) is 0 Å². The first-order valence-electron chi connectivity index (χ1n) is 11.0. The van der Waals surface area contributed by atoms with E-state index in [-0.39, 0.29) is 11.8 Å². The second-order valence-corrected chi connectivity index (χ2v) is 8.37. The van der Waals surface area contributed by atoms with Crippen LogP contribution in [0.4, 0.5) is 11.4 Å². The van der Waals surface area contributed by atoms with E-state index in [0.717, 1.165) is 35.8 Å². The van der Waals surface area contributed by atoms with E-state index in [1.54, 1.807) is 49.6 Å². The van der Waals surface area contributed by atoms with Gasteiger partial charge in [0.1, 0.15) is 5.75 Å². The Morgan fingerprint density at radius 3 is 2.15 bits per heavy atom. The summed E-state index contributed by atoms with van der Waals surface area (Å²) >= 11 is 5.88. The molecule has 0 saturated carbocycles. The smallest absolute Gasteiger partial charge is 0.253 e. The number of carbonyl (C=O) groups is 2. The third-order valence-corrected chi connectivity index (χ3v) is 5.95. The first-order chi connectivity index (χ1) is 16.5. The lowest BCUT2D eigenvalue weighted by Gasteiger charge is -2.36. The Labute approximate surface area is 204 Å². The minimum absolute atomic E-state index is 0.0343. The van der Waals surface area contributed by atoms with Crippen molar-refractivity contribution in [3.63, 3.8) is 0 Å². The van der Waals surface area contributed by atoms with Gasteiger partial charge in [0, 0.05) is 54.2 Å². The first kappa shape index (κ1) is 23.4. The van der Waals surface area contributed by atoms with Crippen molar-refractivity contribution < 1.29 is 14.3 Å². The van der Waals surface area contributed by atoms with Gasteiger partial charge in [-0.25, -0.2) is 0 Å². The minimum Gasteiger partial charge on any atom is -0.497 e. The molecule has 0 bridgehead atoms. The lowest BCUT2D eigenvalue weighted by Crippen LogP contribution is -2.48. The SMILES string of the molecule is COc1ccc(C(=O)N2CCN(c3ccc(NC(=O)/C=C/c4ccc(Cl)cc4)cc3)CC2)cc1. The fourth-order valence-corrected chi connectivity index (χ4v) is 3.90. The van der Waals surface area contributed by atoms with Crippen LogP contribution >= 0.6 is 11.6 Å². The number of carbonyl (C=O) groups excluding carboxylic acids is 2. The van der Waals surface area contributed by atoms with E-state index >= 15 is 0 Å². The van der Waals surface area contributed by atoms with Crippen LogP contribution in [0.5, 0.6) is 5.75 Å². The highest BCUT2D eigenvalue weighted by Crippen LogP contribution is 2.21. The van der Waals surface area contributed by atoms with Crippen molar-refractivity contribution in [2.24, 2.45) is 0 Å². The summed E-state index contributed by atoms with van der Waals surface area (Å²) in [6.45, 7) is 2.80. The molecule has 1 aliphatic heterocycles. The van der Waals surface area contributed by atoms with Crippen LogP contribution in [0.15, 0.2) is 78.9 Å². The molecule has 0 radical (unpaired) electrons. The van der Waals surface area contributed by atoms with E-state index in [1.807, 2.05) is 41.3 Å². The highest BCUT2D eigenvalue weighted by molar-refractivity contribution is 6.30. The summed E-state index contributed by atoms with van der Waals surface area (Å²) in [4.78, 5) is 29.1. The van der Waals surface area contributed by atoms with Gasteiger partial charge in [-0.1, -0.05) is 23.7 Å². The van der Waals surface area contributed by atoms with Gasteiger partial charge in [0.25, 0.3) is 5.91 Å². The Bertz CT molecular complexity index is 1150. The van der Waals surface area contributed by atoms with Gasteiger partial charge < -0.3 is 19.9 Å². The van der Waals surface area contributed by atoms with Crippen molar-refractivity contribution in [2.75, 3.05) is 43.5 Å². The van der Waals surface area contributed by atoms with E-state index in [1.165, 1.54) is 6.08 Å². The molecule has 2 amide bonds. The Balaban J connectivity index is 1.28. The number of piperazine rings is 1. The fourth-order valence-electron chi connectivity index (χ4n) is 3.77. The molecule has 0 atom stereocenters. The molecule has 1 aliphatic rings. The van der Waals surface area contributed by atoms with Crippen molar-refractivity contribution in [1.29, 1.82) is 0 Å². The van der Waals surface area contributed by atoms with Crippen LogP contribution in [-0.4, -0.2) is 50.0 Å². The zero-order valence-corrected chi connectivity index (χ0v) is 19.7. The van der Waals surface area contributed by atoms with Crippen LogP contribution < -0.4 is 15.0 Å². The van der Waals surface area contributed by atoms with Gasteiger partial charge in [-0.05, 0) is 72.3 Å². The second kappa shape index (κ2) is 10.9. The summed E-state index contributed by atoms with van der Waals surface area (Å²) < 4.78 is 5.16. The number of anilines is 2. The Hall–Kier alpha value is -3.77. The van der Waals surface area contributed by atoms with Crippen LogP contribution in [0, 0.1) is 0 Å². The van der Waals surface area contributed by atoms with Crippen molar-refractivity contribution in [1.82, 2.24) is 4.90 Å². The molecule has 0 unspecified atom stereocenters. The number of benzene rings is 3. The molecule has 174 valence electrons. The molecule has 34 heavy (non-hydrogen) atoms. The lowest BCUT2D eigenvalue weighted by atomic mass is 10.1. The third-order valence-electron chi connectivity index (χ3n) is 5.70. The molecule has 1 heterocycles. The lowest BCUT2D eigenvalue weighted by molar-refractivity contribution is -0.111. The predicted octanol–water partition coefficient (Wildman–Crippen LogP) is 4.96. The maximum absolute atomic E-state index is 12.8. The molecule has 6 nitrogen and oxygen atoms in total. The molecular weight excluding hydrogens is 450 g/mol. The molecule has 1 saturated heterocycles. The molecule has 3 aromatic rings. The number of methoxy groups -OCH3 is 1. The zero-order valence-electron chi connectivity index (χ0n) is 18.9. The summed E-state index contributed by atoms with van der Waals surface area (Å²) in [7, 11) is 1.61. The Morgan fingerprint density at radius 2 is 1.53 bits per heavy atom. The average molecular weight is 476 g/mol. The molecule has 3 aromatic carbocycles. The Morgan fingerprint density at radius 1 is 0.882 bits per heavy atom. The molecule has 1 fully saturated rings. The summed E-state index contributed by atoms with van der Waals surface area (Å²) in [6, 6.07) is 22.2. The van der Waals surface area contributed by atoms with E-state index in [4.69, 9.17) is 16.3 Å². The summed E-state index contributed by atoms with van der Waals surface area (Å²) in [5.74, 6) is 0.568. The van der Waals surface area contributed by atoms with Crippen LogP contribution in [0.3, 0.4) is 0 Å². The third kappa shape index (κ3) is 5.97. The predicted molar refractivity (Wildman–Crippen MR) is 137 cm³/mol. The summed E-state index contributed by atoms with van der Waals surface area (Å²) in [5, 5.41) is 3.53. The second-order valence-electron chi connectivity index (χ2n) is 7.93. The van der Waals surface area contributed by atoms with Crippen LogP contribution in [0.25, 0.3) is 6.08 Å². The quantitative estimate of drug-likeness (QED) is 0.512. The number of rotatable bonds is 6. The van der Waals surface area contributed by atoms with Gasteiger partial charge >= 0.3 is 0 Å². The normalized spacial score (nSPS) is 13.7. The maximum atomic E-state index is 12.8. The van der Waals surface area contributed by atoms with Crippen molar-refractivity contribution in [2.45, 2.75) is 0 Å². The van der Waals surface area contributed by atoms with Gasteiger partial charge in [-0.2, -0.15) is 0 Å². The molecule has 7 heteroatoms. The topological polar surface area (TPSA) is 61.9 Å². The van der Waals surface area contributed by atoms with E-state index in [0.29, 0.717) is 23.7 Å². The van der Waals surface area contributed by atoms with Crippen LogP contribution in [0.2, 0.25) is 5.02 Å². The molecule has 1 N–H and O–H groups in total. The maximum Gasteiger partial charge on any atom is 0.253 e. The average Bonchev–Trinajstić information content (AvgIpc) is 2.88. The van der Waals surface area contributed by atoms with Gasteiger partial charge in [-0.3, -0.25) is 9.59 Å². The zero-order chi connectivity index (χ0) is 23.9. The first-order valence-corrected chi connectivity index (χ1v) is 11.4. The minimum atomic E-state index is -0.201. The van der Waals surface area contributed by atoms with E-state index in [9.17, 15) is 9.59 Å². The number of ether oxygens (including phenoxy) is 1. The van der Waals surface area contributed by atoms with Crippen molar-refractivity contribution in [3.05, 3.63) is 95.0 Å².